The van der Waals surface area contributed by atoms with Crippen molar-refractivity contribution in [1.29, 1.82) is 0 Å². The first-order chi connectivity index (χ1) is 17.7. The molecule has 1 aromatic heterocycles. The van der Waals surface area contributed by atoms with E-state index in [0.717, 1.165) is 81.1 Å². The van der Waals surface area contributed by atoms with Gasteiger partial charge in [-0.3, -0.25) is 0 Å². The number of nitrogens with zero attached hydrogens (tertiary/aromatic N) is 4. The molecule has 2 aliphatic heterocycles. The molecule has 2 saturated heterocycles. The van der Waals surface area contributed by atoms with E-state index in [9.17, 15) is 5.11 Å². The lowest BCUT2D eigenvalue weighted by Gasteiger charge is -2.33. The average molecular weight is 511 g/mol. The summed E-state index contributed by atoms with van der Waals surface area (Å²) < 4.78 is 11.1. The number of anilines is 5. The lowest BCUT2D eigenvalue weighted by molar-refractivity contribution is 0.122. The van der Waals surface area contributed by atoms with Crippen molar-refractivity contribution >= 4 is 40.3 Å². The number of halogens is 1. The fourth-order valence-corrected chi connectivity index (χ4v) is 4.54. The van der Waals surface area contributed by atoms with Crippen LogP contribution in [0.15, 0.2) is 48.7 Å². The van der Waals surface area contributed by atoms with Crippen LogP contribution in [0.25, 0.3) is 0 Å². The SMILES string of the molecule is OCc1cc(NCc2ccnc(Nc3cc(N4CCOCC4)cc(N4CCOCC4)c3)n2)ccc1Cl. The van der Waals surface area contributed by atoms with E-state index in [4.69, 9.17) is 26.1 Å². The summed E-state index contributed by atoms with van der Waals surface area (Å²) in [5.74, 6) is 0.536. The lowest BCUT2D eigenvalue weighted by atomic mass is 10.2. The molecule has 0 aliphatic carbocycles. The van der Waals surface area contributed by atoms with Crippen molar-refractivity contribution in [2.45, 2.75) is 13.2 Å². The maximum absolute atomic E-state index is 9.45. The van der Waals surface area contributed by atoms with Gasteiger partial charge in [0.15, 0.2) is 0 Å². The maximum atomic E-state index is 9.45. The number of nitrogens with one attached hydrogen (secondary N) is 2. The number of aromatic nitrogens is 2. The minimum absolute atomic E-state index is 0.105. The Labute approximate surface area is 216 Å². The molecule has 190 valence electrons. The maximum Gasteiger partial charge on any atom is 0.227 e. The molecule has 0 atom stereocenters. The van der Waals surface area contributed by atoms with Crippen molar-refractivity contribution in [3.63, 3.8) is 0 Å². The number of hydrogen-bond donors (Lipinski definition) is 3. The molecule has 5 rings (SSSR count). The van der Waals surface area contributed by atoms with Gasteiger partial charge in [-0.2, -0.15) is 0 Å². The molecule has 0 amide bonds. The molecular weight excluding hydrogens is 480 g/mol. The number of ether oxygens (including phenoxy) is 2. The van der Waals surface area contributed by atoms with Crippen LogP contribution in [0, 0.1) is 0 Å². The van der Waals surface area contributed by atoms with Crippen LogP contribution in [0.1, 0.15) is 11.3 Å². The Kier molecular flexibility index (Phi) is 8.02. The summed E-state index contributed by atoms with van der Waals surface area (Å²) in [7, 11) is 0. The summed E-state index contributed by atoms with van der Waals surface area (Å²) in [4.78, 5) is 13.9. The van der Waals surface area contributed by atoms with Crippen LogP contribution in [0.2, 0.25) is 5.02 Å². The number of hydrogen-bond acceptors (Lipinski definition) is 9. The minimum Gasteiger partial charge on any atom is -0.392 e. The second kappa shape index (κ2) is 11.7. The molecule has 3 heterocycles. The van der Waals surface area contributed by atoms with Crippen LogP contribution in [-0.4, -0.2) is 67.7 Å². The van der Waals surface area contributed by atoms with Gasteiger partial charge >= 0.3 is 0 Å². The third-order valence-electron chi connectivity index (χ3n) is 6.31. The molecule has 0 unspecified atom stereocenters. The largest absolute Gasteiger partial charge is 0.392 e. The number of aliphatic hydroxyl groups is 1. The Bertz CT molecular complexity index is 1130. The molecule has 2 aromatic carbocycles. The molecule has 3 N–H and O–H groups in total. The second-order valence-corrected chi connectivity index (χ2v) is 9.16. The third-order valence-corrected chi connectivity index (χ3v) is 6.68. The van der Waals surface area contributed by atoms with Gasteiger partial charge in [0.2, 0.25) is 5.95 Å². The Hall–Kier alpha value is -3.11. The van der Waals surface area contributed by atoms with Crippen molar-refractivity contribution in [3.8, 4) is 0 Å². The van der Waals surface area contributed by atoms with Gasteiger partial charge in [-0.1, -0.05) is 11.6 Å². The standard InChI is InChI=1S/C26H31ClN6O3/c27-25-2-1-20(13-19(25)18-34)29-17-21-3-4-28-26(30-21)31-22-14-23(32-5-9-35-10-6-32)16-24(15-22)33-7-11-36-12-8-33/h1-4,13-16,29,34H,5-12,17-18H2,(H,28,30,31). The second-order valence-electron chi connectivity index (χ2n) is 8.75. The summed E-state index contributed by atoms with van der Waals surface area (Å²) in [5.41, 5.74) is 5.64. The van der Waals surface area contributed by atoms with E-state index in [0.29, 0.717) is 23.1 Å². The van der Waals surface area contributed by atoms with Crippen LogP contribution >= 0.6 is 11.6 Å². The Morgan fingerprint density at radius 2 is 1.53 bits per heavy atom. The first-order valence-electron chi connectivity index (χ1n) is 12.2. The van der Waals surface area contributed by atoms with Gasteiger partial charge in [-0.15, -0.1) is 0 Å². The smallest absolute Gasteiger partial charge is 0.227 e. The Balaban J connectivity index is 1.33. The van der Waals surface area contributed by atoms with E-state index in [-0.39, 0.29) is 6.61 Å². The van der Waals surface area contributed by atoms with E-state index < -0.39 is 0 Å². The number of rotatable bonds is 8. The van der Waals surface area contributed by atoms with Gasteiger partial charge in [0.25, 0.3) is 0 Å². The lowest BCUT2D eigenvalue weighted by Crippen LogP contribution is -2.38. The normalized spacial score (nSPS) is 16.2. The van der Waals surface area contributed by atoms with Crippen LogP contribution < -0.4 is 20.4 Å². The van der Waals surface area contributed by atoms with Gasteiger partial charge in [-0.05, 0) is 48.0 Å². The van der Waals surface area contributed by atoms with Gasteiger partial charge in [0.1, 0.15) is 0 Å². The summed E-state index contributed by atoms with van der Waals surface area (Å²) in [6.07, 6.45) is 1.75. The van der Waals surface area contributed by atoms with Gasteiger partial charge in [0.05, 0.1) is 45.3 Å². The zero-order valence-corrected chi connectivity index (χ0v) is 20.9. The van der Waals surface area contributed by atoms with E-state index >= 15 is 0 Å². The molecule has 9 nitrogen and oxygen atoms in total. The molecular formula is C26H31ClN6O3. The van der Waals surface area contributed by atoms with Crippen LogP contribution in [0.3, 0.4) is 0 Å². The molecule has 0 spiro atoms. The zero-order chi connectivity index (χ0) is 24.7. The summed E-state index contributed by atoms with van der Waals surface area (Å²) in [6, 6.07) is 13.9. The van der Waals surface area contributed by atoms with Crippen LogP contribution in [0.5, 0.6) is 0 Å². The average Bonchev–Trinajstić information content (AvgIpc) is 2.93. The minimum atomic E-state index is -0.105. The molecule has 2 fully saturated rings. The fraction of sp³-hybridized carbons (Fsp3) is 0.385. The molecule has 0 bridgehead atoms. The first kappa shape index (κ1) is 24.6. The molecule has 3 aromatic rings. The van der Waals surface area contributed by atoms with Gasteiger partial charge < -0.3 is 35.0 Å². The number of morpholine rings is 2. The fourth-order valence-electron chi connectivity index (χ4n) is 4.36. The molecule has 2 aliphatic rings. The van der Waals surface area contributed by atoms with Gasteiger partial charge in [0, 0.05) is 60.1 Å². The summed E-state index contributed by atoms with van der Waals surface area (Å²) >= 11 is 6.10. The van der Waals surface area contributed by atoms with E-state index in [2.05, 4.69) is 43.6 Å². The van der Waals surface area contributed by atoms with Crippen molar-refractivity contribution in [2.75, 3.05) is 73.0 Å². The highest BCUT2D eigenvalue weighted by atomic mass is 35.5. The highest BCUT2D eigenvalue weighted by Crippen LogP contribution is 2.30. The zero-order valence-electron chi connectivity index (χ0n) is 20.1. The number of benzene rings is 2. The molecule has 36 heavy (non-hydrogen) atoms. The summed E-state index contributed by atoms with van der Waals surface area (Å²) in [6.45, 7) is 6.80. The molecule has 0 radical (unpaired) electrons. The van der Waals surface area contributed by atoms with E-state index in [1.807, 2.05) is 18.2 Å². The summed E-state index contributed by atoms with van der Waals surface area (Å²) in [5, 5.41) is 16.7. The predicted octanol–water partition coefficient (Wildman–Crippen LogP) is 3.65. The van der Waals surface area contributed by atoms with Crippen molar-refractivity contribution < 1.29 is 14.6 Å². The van der Waals surface area contributed by atoms with Crippen molar-refractivity contribution in [3.05, 3.63) is 64.9 Å². The van der Waals surface area contributed by atoms with Crippen molar-refractivity contribution in [2.24, 2.45) is 0 Å². The van der Waals surface area contributed by atoms with Crippen molar-refractivity contribution in [1.82, 2.24) is 9.97 Å². The van der Waals surface area contributed by atoms with Gasteiger partial charge in [-0.25, -0.2) is 9.97 Å². The highest BCUT2D eigenvalue weighted by Gasteiger charge is 2.17. The van der Waals surface area contributed by atoms with Crippen LogP contribution in [-0.2, 0) is 22.6 Å². The van der Waals surface area contributed by atoms with E-state index in [1.54, 1.807) is 12.3 Å². The third kappa shape index (κ3) is 6.17. The molecule has 0 saturated carbocycles. The predicted molar refractivity (Wildman–Crippen MR) is 143 cm³/mol. The topological polar surface area (TPSA) is 95.0 Å². The quantitative estimate of drug-likeness (QED) is 0.419. The Morgan fingerprint density at radius 1 is 0.861 bits per heavy atom. The van der Waals surface area contributed by atoms with E-state index in [1.165, 1.54) is 0 Å². The number of aliphatic hydroxyl groups excluding tert-OH is 1. The molecule has 10 heteroatoms. The highest BCUT2D eigenvalue weighted by molar-refractivity contribution is 6.31. The monoisotopic (exact) mass is 510 g/mol. The Morgan fingerprint density at radius 3 is 2.17 bits per heavy atom. The van der Waals surface area contributed by atoms with Crippen LogP contribution in [0.4, 0.5) is 28.7 Å². The first-order valence-corrected chi connectivity index (χ1v) is 12.6.